The number of fused-ring (bicyclic) bond motifs is 1. The molecule has 3 aromatic heterocycles. The van der Waals surface area contributed by atoms with E-state index in [2.05, 4.69) is 30.9 Å². The first-order valence-electron chi connectivity index (χ1n) is 11.4. The fraction of sp³-hybridized carbons (Fsp3) is 0.320. The standard InChI is InChI=1S/C25H27BrN6O2/c26-22-23(17-8-10-31(11-9-17)14-19(34)15-33)30-25-20(13-29-32(25)24(22)27)18-6-7-21(28-12-18)16-4-2-1-3-5-16/h1-7,12-13,17,19,33-34H,8-11,14-15,27H2/t19-/m0/s1. The maximum absolute atomic E-state index is 9.75. The number of pyridine rings is 1. The summed E-state index contributed by atoms with van der Waals surface area (Å²) in [4.78, 5) is 11.8. The lowest BCUT2D eigenvalue weighted by Gasteiger charge is -2.33. The molecule has 1 atom stereocenters. The van der Waals surface area contributed by atoms with Gasteiger partial charge in [0.2, 0.25) is 0 Å². The van der Waals surface area contributed by atoms with Crippen molar-refractivity contribution < 1.29 is 10.2 Å². The second-order valence-corrected chi connectivity index (χ2v) is 9.49. The van der Waals surface area contributed by atoms with Crippen LogP contribution in [0.2, 0.25) is 0 Å². The zero-order valence-corrected chi connectivity index (χ0v) is 20.3. The Hall–Kier alpha value is -2.85. The number of β-amino-alcohol motifs (C(OH)–C–C–N with tert-alkyl or cyclic N) is 1. The SMILES string of the molecule is Nc1c(Br)c(C2CCN(C[C@H](O)CO)CC2)nc2c(-c3ccc(-c4ccccc4)nc3)cnn12. The highest BCUT2D eigenvalue weighted by molar-refractivity contribution is 9.10. The highest BCUT2D eigenvalue weighted by Crippen LogP contribution is 2.37. The molecule has 1 fully saturated rings. The number of nitrogens with zero attached hydrogens (tertiary/aromatic N) is 5. The third-order valence-corrected chi connectivity index (χ3v) is 7.26. The van der Waals surface area contributed by atoms with E-state index >= 15 is 0 Å². The number of piperidine rings is 1. The van der Waals surface area contributed by atoms with Crippen molar-refractivity contribution in [1.29, 1.82) is 0 Å². The number of hydrogen-bond donors (Lipinski definition) is 3. The van der Waals surface area contributed by atoms with E-state index in [9.17, 15) is 5.11 Å². The molecule has 5 rings (SSSR count). The Kier molecular flexibility index (Phi) is 6.60. The van der Waals surface area contributed by atoms with Crippen LogP contribution < -0.4 is 5.73 Å². The molecule has 0 unspecified atom stereocenters. The van der Waals surface area contributed by atoms with Crippen molar-refractivity contribution in [3.05, 3.63) is 65.0 Å². The number of nitrogens with two attached hydrogens (primary N) is 1. The number of aliphatic hydroxyl groups excluding tert-OH is 2. The molecule has 8 nitrogen and oxygen atoms in total. The normalized spacial score (nSPS) is 16.2. The van der Waals surface area contributed by atoms with Crippen LogP contribution in [0.15, 0.2) is 59.3 Å². The van der Waals surface area contributed by atoms with Crippen LogP contribution in [0.25, 0.3) is 28.0 Å². The fourth-order valence-electron chi connectivity index (χ4n) is 4.56. The predicted octanol–water partition coefficient (Wildman–Crippen LogP) is 3.34. The van der Waals surface area contributed by atoms with Gasteiger partial charge in [-0.25, -0.2) is 4.98 Å². The zero-order chi connectivity index (χ0) is 23.7. The number of likely N-dealkylation sites (tertiary alicyclic amines) is 1. The number of benzene rings is 1. The van der Waals surface area contributed by atoms with E-state index in [1.807, 2.05) is 48.7 Å². The predicted molar refractivity (Wildman–Crippen MR) is 135 cm³/mol. The summed E-state index contributed by atoms with van der Waals surface area (Å²) < 4.78 is 2.45. The van der Waals surface area contributed by atoms with E-state index in [-0.39, 0.29) is 12.5 Å². The summed E-state index contributed by atoms with van der Waals surface area (Å²) in [5.41, 5.74) is 11.9. The van der Waals surface area contributed by atoms with Crippen molar-refractivity contribution >= 4 is 27.4 Å². The van der Waals surface area contributed by atoms with Gasteiger partial charge in [-0.1, -0.05) is 36.4 Å². The van der Waals surface area contributed by atoms with Gasteiger partial charge >= 0.3 is 0 Å². The molecule has 9 heteroatoms. The third-order valence-electron chi connectivity index (χ3n) is 6.45. The van der Waals surface area contributed by atoms with Crippen LogP contribution in [0.3, 0.4) is 0 Å². The Morgan fingerprint density at radius 3 is 2.50 bits per heavy atom. The average molecular weight is 523 g/mol. The maximum Gasteiger partial charge on any atom is 0.165 e. The summed E-state index contributed by atoms with van der Waals surface area (Å²) in [6.45, 7) is 1.93. The number of anilines is 1. The number of rotatable bonds is 6. The van der Waals surface area contributed by atoms with Crippen LogP contribution in [0.5, 0.6) is 0 Å². The maximum atomic E-state index is 9.75. The highest BCUT2D eigenvalue weighted by Gasteiger charge is 2.27. The molecule has 0 saturated carbocycles. The van der Waals surface area contributed by atoms with Crippen molar-refractivity contribution in [2.45, 2.75) is 24.9 Å². The summed E-state index contributed by atoms with van der Waals surface area (Å²) in [5.74, 6) is 0.767. The number of halogens is 1. The Bertz CT molecular complexity index is 1270. The Balaban J connectivity index is 1.43. The van der Waals surface area contributed by atoms with Crippen LogP contribution >= 0.6 is 15.9 Å². The van der Waals surface area contributed by atoms with Crippen molar-refractivity contribution in [3.8, 4) is 22.4 Å². The second-order valence-electron chi connectivity index (χ2n) is 8.70. The summed E-state index contributed by atoms with van der Waals surface area (Å²) in [5, 5.41) is 23.4. The molecular formula is C25H27BrN6O2. The molecule has 4 aromatic rings. The lowest BCUT2D eigenvalue weighted by Crippen LogP contribution is -2.39. The van der Waals surface area contributed by atoms with Crippen LogP contribution in [0, 0.1) is 0 Å². The molecule has 1 saturated heterocycles. The minimum atomic E-state index is -0.704. The summed E-state index contributed by atoms with van der Waals surface area (Å²) in [6, 6.07) is 14.1. The molecule has 1 aliphatic heterocycles. The smallest absolute Gasteiger partial charge is 0.165 e. The third kappa shape index (κ3) is 4.44. The van der Waals surface area contributed by atoms with Crippen molar-refractivity contribution in [2.75, 3.05) is 32.0 Å². The number of aliphatic hydroxyl groups is 2. The summed E-state index contributed by atoms with van der Waals surface area (Å²) in [7, 11) is 0. The molecule has 0 bridgehead atoms. The summed E-state index contributed by atoms with van der Waals surface area (Å²) in [6.07, 6.45) is 4.73. The molecule has 1 aliphatic rings. The minimum Gasteiger partial charge on any atom is -0.394 e. The second kappa shape index (κ2) is 9.79. The van der Waals surface area contributed by atoms with E-state index in [4.69, 9.17) is 15.8 Å². The summed E-state index contributed by atoms with van der Waals surface area (Å²) >= 11 is 3.66. The zero-order valence-electron chi connectivity index (χ0n) is 18.7. The first-order valence-corrected chi connectivity index (χ1v) is 12.2. The van der Waals surface area contributed by atoms with E-state index in [1.165, 1.54) is 0 Å². The molecule has 34 heavy (non-hydrogen) atoms. The van der Waals surface area contributed by atoms with Gasteiger partial charge in [-0.3, -0.25) is 4.98 Å². The van der Waals surface area contributed by atoms with E-state index < -0.39 is 6.10 Å². The van der Waals surface area contributed by atoms with Gasteiger partial charge in [0, 0.05) is 35.3 Å². The van der Waals surface area contributed by atoms with Crippen LogP contribution in [-0.2, 0) is 0 Å². The molecule has 0 amide bonds. The van der Waals surface area contributed by atoms with Gasteiger partial charge in [-0.15, -0.1) is 0 Å². The van der Waals surface area contributed by atoms with E-state index in [0.29, 0.717) is 18.0 Å². The largest absolute Gasteiger partial charge is 0.394 e. The molecule has 1 aromatic carbocycles. The highest BCUT2D eigenvalue weighted by atomic mass is 79.9. The average Bonchev–Trinajstić information content (AvgIpc) is 3.31. The van der Waals surface area contributed by atoms with Crippen LogP contribution in [0.1, 0.15) is 24.5 Å². The van der Waals surface area contributed by atoms with Gasteiger partial charge in [0.05, 0.1) is 34.8 Å². The molecule has 0 radical (unpaired) electrons. The first kappa shape index (κ1) is 22.9. The lowest BCUT2D eigenvalue weighted by atomic mass is 9.93. The van der Waals surface area contributed by atoms with Gasteiger partial charge in [-0.05, 0) is 47.9 Å². The van der Waals surface area contributed by atoms with Gasteiger partial charge < -0.3 is 20.8 Å². The van der Waals surface area contributed by atoms with Gasteiger partial charge in [0.1, 0.15) is 5.82 Å². The lowest BCUT2D eigenvalue weighted by molar-refractivity contribution is 0.0511. The quantitative estimate of drug-likeness (QED) is 0.355. The monoisotopic (exact) mass is 522 g/mol. The van der Waals surface area contributed by atoms with Gasteiger partial charge in [-0.2, -0.15) is 9.61 Å². The van der Waals surface area contributed by atoms with E-state index in [1.54, 1.807) is 10.7 Å². The Labute approximate surface area is 206 Å². The van der Waals surface area contributed by atoms with Crippen LogP contribution in [-0.4, -0.2) is 67.0 Å². The number of aromatic nitrogens is 4. The van der Waals surface area contributed by atoms with Crippen LogP contribution in [0.4, 0.5) is 5.82 Å². The molecule has 4 heterocycles. The molecular weight excluding hydrogens is 496 g/mol. The first-order chi connectivity index (χ1) is 16.5. The molecule has 0 spiro atoms. The minimum absolute atomic E-state index is 0.217. The number of nitrogen functional groups attached to an aromatic ring is 1. The molecule has 0 aliphatic carbocycles. The topological polar surface area (TPSA) is 113 Å². The molecule has 176 valence electrons. The Morgan fingerprint density at radius 2 is 1.82 bits per heavy atom. The van der Waals surface area contributed by atoms with Crippen molar-refractivity contribution in [2.24, 2.45) is 0 Å². The van der Waals surface area contributed by atoms with Crippen molar-refractivity contribution in [1.82, 2.24) is 24.5 Å². The number of hydrogen-bond acceptors (Lipinski definition) is 7. The van der Waals surface area contributed by atoms with Crippen molar-refractivity contribution in [3.63, 3.8) is 0 Å². The van der Waals surface area contributed by atoms with E-state index in [0.717, 1.165) is 58.5 Å². The Morgan fingerprint density at radius 1 is 1.06 bits per heavy atom. The van der Waals surface area contributed by atoms with Gasteiger partial charge in [0.15, 0.2) is 5.65 Å². The molecule has 4 N–H and O–H groups in total. The fourth-order valence-corrected chi connectivity index (χ4v) is 5.15. The van der Waals surface area contributed by atoms with Gasteiger partial charge in [0.25, 0.3) is 0 Å².